The minimum Gasteiger partial charge on any atom is -0.388 e. The molecule has 0 aliphatic carbocycles. The quantitative estimate of drug-likeness (QED) is 0.830. The summed E-state index contributed by atoms with van der Waals surface area (Å²) >= 11 is 0. The van der Waals surface area contributed by atoms with Gasteiger partial charge in [-0.2, -0.15) is 0 Å². The summed E-state index contributed by atoms with van der Waals surface area (Å²) in [6.07, 6.45) is 4.87. The minimum absolute atomic E-state index is 0.0433. The summed E-state index contributed by atoms with van der Waals surface area (Å²) in [5, 5.41) is 9.88. The van der Waals surface area contributed by atoms with E-state index in [9.17, 15) is 9.90 Å². The normalized spacial score (nSPS) is 17.4. The van der Waals surface area contributed by atoms with Gasteiger partial charge in [-0.05, 0) is 30.5 Å². The largest absolute Gasteiger partial charge is 0.388 e. The fourth-order valence-electron chi connectivity index (χ4n) is 1.96. The Morgan fingerprint density at radius 2 is 2.00 bits per heavy atom. The monoisotopic (exact) mass is 220 g/mol. The van der Waals surface area contributed by atoms with Gasteiger partial charge in [0.2, 0.25) is 5.91 Å². The first kappa shape index (κ1) is 11.1. The highest BCUT2D eigenvalue weighted by molar-refractivity contribution is 5.77. The molecule has 2 rings (SSSR count). The van der Waals surface area contributed by atoms with Crippen LogP contribution >= 0.6 is 0 Å². The molecule has 1 fully saturated rings. The van der Waals surface area contributed by atoms with Crippen LogP contribution in [0.25, 0.3) is 0 Å². The van der Waals surface area contributed by atoms with Gasteiger partial charge in [0.25, 0.3) is 0 Å². The molecule has 16 heavy (non-hydrogen) atoms. The Morgan fingerprint density at radius 1 is 1.38 bits per heavy atom. The van der Waals surface area contributed by atoms with Crippen molar-refractivity contribution < 1.29 is 9.90 Å². The van der Waals surface area contributed by atoms with Crippen LogP contribution in [-0.2, 0) is 4.79 Å². The SMILES string of the molecule is O=C(C[C@H](O)c1ccncc1)N1CCCC1. The lowest BCUT2D eigenvalue weighted by Crippen LogP contribution is -2.28. The van der Waals surface area contributed by atoms with E-state index in [4.69, 9.17) is 0 Å². The molecule has 2 heterocycles. The van der Waals surface area contributed by atoms with Gasteiger partial charge in [0.05, 0.1) is 12.5 Å². The number of rotatable bonds is 3. The van der Waals surface area contributed by atoms with Crippen LogP contribution in [0.4, 0.5) is 0 Å². The van der Waals surface area contributed by atoms with Gasteiger partial charge >= 0.3 is 0 Å². The first-order valence-corrected chi connectivity index (χ1v) is 5.63. The number of nitrogens with zero attached hydrogens (tertiary/aromatic N) is 2. The van der Waals surface area contributed by atoms with Crippen molar-refractivity contribution in [3.8, 4) is 0 Å². The van der Waals surface area contributed by atoms with E-state index in [1.807, 2.05) is 4.90 Å². The van der Waals surface area contributed by atoms with Crippen LogP contribution in [0.5, 0.6) is 0 Å². The molecule has 4 heteroatoms. The van der Waals surface area contributed by atoms with Gasteiger partial charge in [-0.25, -0.2) is 0 Å². The third-order valence-corrected chi connectivity index (χ3v) is 2.92. The third kappa shape index (κ3) is 2.58. The standard InChI is InChI=1S/C12H16N2O2/c15-11(10-3-5-13-6-4-10)9-12(16)14-7-1-2-8-14/h3-6,11,15H,1-2,7-9H2/t11-/m0/s1. The second-order valence-electron chi connectivity index (χ2n) is 4.09. The van der Waals surface area contributed by atoms with Crippen molar-refractivity contribution in [3.63, 3.8) is 0 Å². The number of likely N-dealkylation sites (tertiary alicyclic amines) is 1. The molecule has 1 aromatic rings. The van der Waals surface area contributed by atoms with Gasteiger partial charge in [0.15, 0.2) is 0 Å². The average Bonchev–Trinajstić information content (AvgIpc) is 2.83. The van der Waals surface area contributed by atoms with Gasteiger partial charge in [-0.3, -0.25) is 9.78 Å². The Bertz CT molecular complexity index is 347. The van der Waals surface area contributed by atoms with Crippen molar-refractivity contribution in [2.24, 2.45) is 0 Å². The van der Waals surface area contributed by atoms with Crippen molar-refractivity contribution in [2.75, 3.05) is 13.1 Å². The van der Waals surface area contributed by atoms with Crippen LogP contribution in [0.1, 0.15) is 30.9 Å². The maximum Gasteiger partial charge on any atom is 0.225 e. The number of amides is 1. The number of pyridine rings is 1. The molecule has 0 radical (unpaired) electrons. The Balaban J connectivity index is 1.92. The minimum atomic E-state index is -0.712. The van der Waals surface area contributed by atoms with Gasteiger partial charge < -0.3 is 10.0 Å². The molecular weight excluding hydrogens is 204 g/mol. The van der Waals surface area contributed by atoms with E-state index in [-0.39, 0.29) is 12.3 Å². The molecule has 0 unspecified atom stereocenters. The molecule has 0 saturated carbocycles. The number of hydrogen-bond donors (Lipinski definition) is 1. The van der Waals surface area contributed by atoms with Gasteiger partial charge in [0.1, 0.15) is 0 Å². The summed E-state index contributed by atoms with van der Waals surface area (Å²) in [5.74, 6) is 0.0433. The second kappa shape index (κ2) is 5.07. The smallest absolute Gasteiger partial charge is 0.225 e. The number of aromatic nitrogens is 1. The zero-order valence-electron chi connectivity index (χ0n) is 9.17. The topological polar surface area (TPSA) is 53.4 Å². The van der Waals surface area contributed by atoms with Gasteiger partial charge in [-0.1, -0.05) is 0 Å². The van der Waals surface area contributed by atoms with E-state index in [0.29, 0.717) is 0 Å². The molecular formula is C12H16N2O2. The predicted octanol–water partition coefficient (Wildman–Crippen LogP) is 1.13. The number of hydrogen-bond acceptors (Lipinski definition) is 3. The lowest BCUT2D eigenvalue weighted by molar-refractivity contribution is -0.132. The van der Waals surface area contributed by atoms with Crippen LogP contribution < -0.4 is 0 Å². The zero-order valence-corrected chi connectivity index (χ0v) is 9.17. The summed E-state index contributed by atoms with van der Waals surface area (Å²) in [7, 11) is 0. The summed E-state index contributed by atoms with van der Waals surface area (Å²) in [4.78, 5) is 17.5. The van der Waals surface area contributed by atoms with Crippen molar-refractivity contribution in [1.82, 2.24) is 9.88 Å². The molecule has 1 amide bonds. The summed E-state index contributed by atoms with van der Waals surface area (Å²) in [5.41, 5.74) is 0.752. The van der Waals surface area contributed by atoms with E-state index < -0.39 is 6.10 Å². The molecule has 86 valence electrons. The van der Waals surface area contributed by atoms with Crippen molar-refractivity contribution in [2.45, 2.75) is 25.4 Å². The van der Waals surface area contributed by atoms with E-state index in [1.54, 1.807) is 24.5 Å². The zero-order chi connectivity index (χ0) is 11.4. The highest BCUT2D eigenvalue weighted by atomic mass is 16.3. The van der Waals surface area contributed by atoms with Crippen LogP contribution in [-0.4, -0.2) is 34.0 Å². The average molecular weight is 220 g/mol. The predicted molar refractivity (Wildman–Crippen MR) is 59.6 cm³/mol. The van der Waals surface area contributed by atoms with E-state index in [0.717, 1.165) is 31.5 Å². The first-order valence-electron chi connectivity index (χ1n) is 5.63. The van der Waals surface area contributed by atoms with Crippen LogP contribution in [0.15, 0.2) is 24.5 Å². The Labute approximate surface area is 94.9 Å². The van der Waals surface area contributed by atoms with Crippen molar-refractivity contribution in [1.29, 1.82) is 0 Å². The molecule has 0 spiro atoms. The van der Waals surface area contributed by atoms with Crippen molar-refractivity contribution in [3.05, 3.63) is 30.1 Å². The van der Waals surface area contributed by atoms with Crippen molar-refractivity contribution >= 4 is 5.91 Å². The van der Waals surface area contributed by atoms with Crippen LogP contribution in [0, 0.1) is 0 Å². The Hall–Kier alpha value is -1.42. The lowest BCUT2D eigenvalue weighted by atomic mass is 10.1. The number of carbonyl (C=O) groups excluding carboxylic acids is 1. The van der Waals surface area contributed by atoms with E-state index in [1.165, 1.54) is 0 Å². The Kier molecular flexibility index (Phi) is 3.51. The maximum absolute atomic E-state index is 11.8. The summed E-state index contributed by atoms with van der Waals surface area (Å²) in [6.45, 7) is 1.67. The number of aliphatic hydroxyl groups excluding tert-OH is 1. The molecule has 0 aromatic carbocycles. The molecule has 1 aromatic heterocycles. The maximum atomic E-state index is 11.8. The number of carbonyl (C=O) groups is 1. The summed E-state index contributed by atoms with van der Waals surface area (Å²) in [6, 6.07) is 3.48. The molecule has 1 aliphatic rings. The first-order chi connectivity index (χ1) is 7.77. The highest BCUT2D eigenvalue weighted by Gasteiger charge is 2.21. The third-order valence-electron chi connectivity index (χ3n) is 2.92. The van der Waals surface area contributed by atoms with Crippen LogP contribution in [0.3, 0.4) is 0 Å². The highest BCUT2D eigenvalue weighted by Crippen LogP contribution is 2.18. The molecule has 1 aliphatic heterocycles. The molecule has 1 saturated heterocycles. The summed E-state index contributed by atoms with van der Waals surface area (Å²) < 4.78 is 0. The molecule has 4 nitrogen and oxygen atoms in total. The number of aliphatic hydroxyl groups is 1. The van der Waals surface area contributed by atoms with E-state index in [2.05, 4.69) is 4.98 Å². The lowest BCUT2D eigenvalue weighted by Gasteiger charge is -2.17. The molecule has 0 bridgehead atoms. The second-order valence-corrected chi connectivity index (χ2v) is 4.09. The Morgan fingerprint density at radius 3 is 2.62 bits per heavy atom. The fraction of sp³-hybridized carbons (Fsp3) is 0.500. The van der Waals surface area contributed by atoms with Gasteiger partial charge in [0, 0.05) is 25.5 Å². The van der Waals surface area contributed by atoms with Crippen LogP contribution in [0.2, 0.25) is 0 Å². The molecule has 1 N–H and O–H groups in total. The van der Waals surface area contributed by atoms with E-state index >= 15 is 0 Å². The van der Waals surface area contributed by atoms with Gasteiger partial charge in [-0.15, -0.1) is 0 Å². The molecule has 1 atom stereocenters. The fourth-order valence-corrected chi connectivity index (χ4v) is 1.96.